The zero-order valence-electron chi connectivity index (χ0n) is 19.6. The number of hydrogen-bond acceptors (Lipinski definition) is 8. The van der Waals surface area contributed by atoms with Gasteiger partial charge in [-0.1, -0.05) is 11.6 Å². The molecule has 3 N–H and O–H groups in total. The van der Waals surface area contributed by atoms with Crippen LogP contribution in [0.15, 0.2) is 18.3 Å². The van der Waals surface area contributed by atoms with Crippen LogP contribution in [0.5, 0.6) is 0 Å². The van der Waals surface area contributed by atoms with E-state index in [1.54, 1.807) is 0 Å². The molecule has 0 fully saturated rings. The molecule has 35 heavy (non-hydrogen) atoms. The fourth-order valence-electron chi connectivity index (χ4n) is 3.28. The van der Waals surface area contributed by atoms with Crippen molar-refractivity contribution >= 4 is 64.8 Å². The molecule has 0 spiro atoms. The van der Waals surface area contributed by atoms with Crippen molar-refractivity contribution in [3.8, 4) is 0 Å². The molecule has 11 nitrogen and oxygen atoms in total. The Morgan fingerprint density at radius 3 is 2.51 bits per heavy atom. The number of pyridine rings is 1. The standard InChI is InChI=1S/C21H26ClN7O4S.ClH/c1-11(24-17(30)18(31)26-15-6-5-12(22)9-23-15)16(21(33)28(2)3)27-19(32)20-25-13-7-8-29(4)10-14(13)34-20;/h5-6,9,11,16H,7-8,10H2,1-4H3,(H,24,30)(H,27,32)(H,23,26,31);1H/t11-,16+;/m1./s1. The minimum Gasteiger partial charge on any atom is -0.347 e. The molecule has 1 aliphatic heterocycles. The van der Waals surface area contributed by atoms with Gasteiger partial charge in [-0.05, 0) is 26.1 Å². The minimum absolute atomic E-state index is 0. The van der Waals surface area contributed by atoms with Gasteiger partial charge in [0.1, 0.15) is 11.9 Å². The fraction of sp³-hybridized carbons (Fsp3) is 0.429. The molecule has 0 aliphatic carbocycles. The van der Waals surface area contributed by atoms with Gasteiger partial charge in [0.2, 0.25) is 5.91 Å². The van der Waals surface area contributed by atoms with Gasteiger partial charge in [0.05, 0.1) is 16.8 Å². The molecule has 3 rings (SSSR count). The van der Waals surface area contributed by atoms with Crippen LogP contribution in [0.1, 0.15) is 27.3 Å². The molecular weight excluding hydrogens is 517 g/mol. The lowest BCUT2D eigenvalue weighted by molar-refractivity contribution is -0.137. The smallest absolute Gasteiger partial charge is 0.314 e. The number of carbonyl (C=O) groups is 4. The summed E-state index contributed by atoms with van der Waals surface area (Å²) < 4.78 is 0. The molecule has 2 aromatic rings. The number of nitrogens with one attached hydrogen (secondary N) is 3. The van der Waals surface area contributed by atoms with Gasteiger partial charge in [0.15, 0.2) is 5.01 Å². The van der Waals surface area contributed by atoms with E-state index in [-0.39, 0.29) is 23.2 Å². The van der Waals surface area contributed by atoms with Crippen molar-refractivity contribution in [1.29, 1.82) is 0 Å². The van der Waals surface area contributed by atoms with E-state index in [4.69, 9.17) is 11.6 Å². The highest BCUT2D eigenvalue weighted by atomic mass is 35.5. The highest BCUT2D eigenvalue weighted by molar-refractivity contribution is 7.13. The van der Waals surface area contributed by atoms with Crippen LogP contribution in [0.2, 0.25) is 5.02 Å². The normalized spacial score (nSPS) is 14.5. The van der Waals surface area contributed by atoms with Crippen LogP contribution in [0.25, 0.3) is 0 Å². The van der Waals surface area contributed by atoms with Gasteiger partial charge in [-0.15, -0.1) is 23.7 Å². The van der Waals surface area contributed by atoms with Gasteiger partial charge >= 0.3 is 11.8 Å². The molecule has 14 heteroatoms. The highest BCUT2D eigenvalue weighted by Crippen LogP contribution is 2.24. The summed E-state index contributed by atoms with van der Waals surface area (Å²) in [4.78, 5) is 63.1. The number of fused-ring (bicyclic) bond motifs is 1. The number of halogens is 2. The Kier molecular flexibility index (Phi) is 9.95. The molecule has 0 unspecified atom stereocenters. The zero-order chi connectivity index (χ0) is 25.0. The summed E-state index contributed by atoms with van der Waals surface area (Å²) in [5, 5.41) is 8.11. The Morgan fingerprint density at radius 2 is 1.89 bits per heavy atom. The third-order valence-corrected chi connectivity index (χ3v) is 6.45. The monoisotopic (exact) mass is 543 g/mol. The first-order chi connectivity index (χ1) is 16.0. The molecule has 2 aromatic heterocycles. The lowest BCUT2D eigenvalue weighted by atomic mass is 10.1. The van der Waals surface area contributed by atoms with Gasteiger partial charge in [-0.25, -0.2) is 9.97 Å². The minimum atomic E-state index is -1.11. The van der Waals surface area contributed by atoms with E-state index < -0.39 is 35.7 Å². The van der Waals surface area contributed by atoms with E-state index in [1.165, 1.54) is 55.6 Å². The maximum atomic E-state index is 12.9. The molecule has 190 valence electrons. The molecule has 3 heterocycles. The quantitative estimate of drug-likeness (QED) is 0.461. The molecule has 4 amide bonds. The van der Waals surface area contributed by atoms with Crippen molar-refractivity contribution < 1.29 is 19.2 Å². The molecule has 1 aliphatic rings. The van der Waals surface area contributed by atoms with Crippen molar-refractivity contribution in [3.05, 3.63) is 38.9 Å². The average Bonchev–Trinajstić information content (AvgIpc) is 3.21. The largest absolute Gasteiger partial charge is 0.347 e. The van der Waals surface area contributed by atoms with Crippen LogP contribution in [0.3, 0.4) is 0 Å². The van der Waals surface area contributed by atoms with Crippen molar-refractivity contribution in [1.82, 2.24) is 30.4 Å². The lowest BCUT2D eigenvalue weighted by Crippen LogP contribution is -2.58. The predicted octanol–water partition coefficient (Wildman–Crippen LogP) is 0.931. The Hall–Kier alpha value is -2.80. The third-order valence-electron chi connectivity index (χ3n) is 5.14. The van der Waals surface area contributed by atoms with Crippen LogP contribution in [0, 0.1) is 0 Å². The molecular formula is C21H27Cl2N7O4S. The second-order valence-electron chi connectivity index (χ2n) is 8.14. The fourth-order valence-corrected chi connectivity index (χ4v) is 4.48. The Balaban J connectivity index is 0.00000432. The molecule has 0 saturated heterocycles. The maximum absolute atomic E-state index is 12.9. The third kappa shape index (κ3) is 7.34. The van der Waals surface area contributed by atoms with Crippen LogP contribution in [-0.2, 0) is 27.3 Å². The van der Waals surface area contributed by atoms with Crippen molar-refractivity contribution in [2.75, 3.05) is 33.0 Å². The number of nitrogens with zero attached hydrogens (tertiary/aromatic N) is 4. The van der Waals surface area contributed by atoms with E-state index in [2.05, 4.69) is 30.8 Å². The second-order valence-corrected chi connectivity index (χ2v) is 9.66. The number of aromatic nitrogens is 2. The van der Waals surface area contributed by atoms with Crippen LogP contribution in [0.4, 0.5) is 5.82 Å². The average molecular weight is 544 g/mol. The van der Waals surface area contributed by atoms with Crippen molar-refractivity contribution in [3.63, 3.8) is 0 Å². The number of carbonyl (C=O) groups excluding carboxylic acids is 4. The van der Waals surface area contributed by atoms with Gasteiger partial charge in [0.25, 0.3) is 5.91 Å². The van der Waals surface area contributed by atoms with Gasteiger partial charge in [0, 0.05) is 44.7 Å². The zero-order valence-corrected chi connectivity index (χ0v) is 22.0. The highest BCUT2D eigenvalue weighted by Gasteiger charge is 2.32. The SMILES string of the molecule is C[C@@H](NC(=O)C(=O)Nc1ccc(Cl)cn1)[C@H](NC(=O)c1nc2c(s1)CN(C)CC2)C(=O)N(C)C.Cl. The number of hydrogen-bond donors (Lipinski definition) is 3. The van der Waals surface area contributed by atoms with E-state index in [1.807, 2.05) is 7.05 Å². The van der Waals surface area contributed by atoms with Crippen LogP contribution < -0.4 is 16.0 Å². The van der Waals surface area contributed by atoms with E-state index in [0.29, 0.717) is 11.6 Å². The predicted molar refractivity (Wildman–Crippen MR) is 135 cm³/mol. The number of amides is 4. The Labute approximate surface area is 218 Å². The van der Waals surface area contributed by atoms with E-state index >= 15 is 0 Å². The van der Waals surface area contributed by atoms with Crippen LogP contribution >= 0.6 is 35.3 Å². The van der Waals surface area contributed by atoms with Crippen molar-refractivity contribution in [2.24, 2.45) is 0 Å². The Morgan fingerprint density at radius 1 is 1.17 bits per heavy atom. The summed E-state index contributed by atoms with van der Waals surface area (Å²) in [6.45, 7) is 3.10. The molecule has 0 bridgehead atoms. The number of rotatable bonds is 6. The van der Waals surface area contributed by atoms with Gasteiger partial charge in [-0.2, -0.15) is 0 Å². The summed E-state index contributed by atoms with van der Waals surface area (Å²) >= 11 is 7.05. The molecule has 0 saturated carbocycles. The molecule has 0 radical (unpaired) electrons. The lowest BCUT2D eigenvalue weighted by Gasteiger charge is -2.27. The summed E-state index contributed by atoms with van der Waals surface area (Å²) in [5.74, 6) is -2.77. The van der Waals surface area contributed by atoms with Gasteiger partial charge in [-0.3, -0.25) is 19.2 Å². The first kappa shape index (κ1) is 28.4. The summed E-state index contributed by atoms with van der Waals surface area (Å²) in [6.07, 6.45) is 2.08. The van der Waals surface area contributed by atoms with E-state index in [0.717, 1.165) is 23.5 Å². The number of thiazole rings is 1. The molecule has 0 aromatic carbocycles. The summed E-state index contributed by atoms with van der Waals surface area (Å²) in [5.41, 5.74) is 0.887. The summed E-state index contributed by atoms with van der Waals surface area (Å²) in [7, 11) is 5.07. The topological polar surface area (TPSA) is 137 Å². The van der Waals surface area contributed by atoms with E-state index in [9.17, 15) is 19.2 Å². The second kappa shape index (κ2) is 12.2. The van der Waals surface area contributed by atoms with Gasteiger partial charge < -0.3 is 25.8 Å². The van der Waals surface area contributed by atoms with Crippen molar-refractivity contribution in [2.45, 2.75) is 32.0 Å². The number of likely N-dealkylation sites (N-methyl/N-ethyl adjacent to an activating group) is 2. The molecule has 2 atom stereocenters. The van der Waals surface area contributed by atoms with Crippen LogP contribution in [-0.4, -0.2) is 83.2 Å². The Bertz CT molecular complexity index is 1090. The number of anilines is 1. The first-order valence-corrected chi connectivity index (χ1v) is 11.7. The maximum Gasteiger partial charge on any atom is 0.314 e. The summed E-state index contributed by atoms with van der Waals surface area (Å²) in [6, 6.07) is 0.953. The first-order valence-electron chi connectivity index (χ1n) is 10.5.